The Morgan fingerprint density at radius 1 is 1.11 bits per heavy atom. The number of aliphatic hydroxyl groups is 2. The number of allylic oxidation sites excluding steroid dienone is 4. The fourth-order valence-electron chi connectivity index (χ4n) is 8.18. The molecule has 36 heavy (non-hydrogen) atoms. The monoisotopic (exact) mass is 500 g/mol. The first-order valence-electron chi connectivity index (χ1n) is 14.1. The van der Waals surface area contributed by atoms with Crippen LogP contribution in [-0.2, 0) is 19.1 Å². The zero-order chi connectivity index (χ0) is 26.1. The Morgan fingerprint density at radius 3 is 2.58 bits per heavy atom. The highest BCUT2D eigenvalue weighted by atomic mass is 16.5. The second-order valence-electron chi connectivity index (χ2n) is 12.2. The molecule has 4 aliphatic rings. The molecule has 200 valence electrons. The average Bonchev–Trinajstić information content (AvgIpc) is 3.11. The van der Waals surface area contributed by atoms with Gasteiger partial charge in [-0.05, 0) is 62.5 Å². The molecule has 0 unspecified atom stereocenters. The minimum atomic E-state index is -1.61. The van der Waals surface area contributed by atoms with Crippen LogP contribution in [0.5, 0.6) is 0 Å². The van der Waals surface area contributed by atoms with Gasteiger partial charge in [-0.2, -0.15) is 0 Å². The molecule has 0 aromatic rings. The molecule has 7 atom stereocenters. The topological polar surface area (TPSA) is 101 Å². The molecule has 2 N–H and O–H groups in total. The van der Waals surface area contributed by atoms with Crippen molar-refractivity contribution >= 4 is 17.5 Å². The van der Waals surface area contributed by atoms with Gasteiger partial charge < -0.3 is 14.9 Å². The fraction of sp³-hybridized carbons (Fsp3) is 0.767. The maximum Gasteiger partial charge on any atom is 0.306 e. The van der Waals surface area contributed by atoms with E-state index in [0.717, 1.165) is 37.7 Å². The lowest BCUT2D eigenvalue weighted by molar-refractivity contribution is -0.181. The summed E-state index contributed by atoms with van der Waals surface area (Å²) < 4.78 is 5.30. The van der Waals surface area contributed by atoms with E-state index in [1.807, 2.05) is 13.0 Å². The molecule has 0 saturated heterocycles. The van der Waals surface area contributed by atoms with Gasteiger partial charge in [-0.3, -0.25) is 14.4 Å². The zero-order valence-corrected chi connectivity index (χ0v) is 22.3. The largest absolute Gasteiger partial charge is 0.458 e. The number of rotatable bonds is 10. The van der Waals surface area contributed by atoms with Gasteiger partial charge in [0.15, 0.2) is 12.4 Å². The van der Waals surface area contributed by atoms with E-state index in [9.17, 15) is 24.6 Å². The second-order valence-corrected chi connectivity index (χ2v) is 12.2. The summed E-state index contributed by atoms with van der Waals surface area (Å²) in [7, 11) is 0. The molecular formula is C30H44O6. The van der Waals surface area contributed by atoms with Crippen LogP contribution in [0.15, 0.2) is 23.8 Å². The van der Waals surface area contributed by atoms with Crippen molar-refractivity contribution in [1.82, 2.24) is 0 Å². The van der Waals surface area contributed by atoms with Crippen LogP contribution in [0.25, 0.3) is 0 Å². The number of ketones is 2. The van der Waals surface area contributed by atoms with E-state index < -0.39 is 29.5 Å². The number of esters is 1. The summed E-state index contributed by atoms with van der Waals surface area (Å²) in [6.45, 7) is 5.81. The van der Waals surface area contributed by atoms with Crippen molar-refractivity contribution in [3.05, 3.63) is 23.8 Å². The number of hydrogen-bond donors (Lipinski definition) is 2. The maximum absolute atomic E-state index is 13.3. The third-order valence-electron chi connectivity index (χ3n) is 10.2. The number of hydrogen-bond acceptors (Lipinski definition) is 6. The van der Waals surface area contributed by atoms with Crippen molar-refractivity contribution in [2.45, 2.75) is 110 Å². The third-order valence-corrected chi connectivity index (χ3v) is 10.2. The average molecular weight is 501 g/mol. The lowest BCUT2D eigenvalue weighted by Crippen LogP contribution is -2.61. The fourth-order valence-corrected chi connectivity index (χ4v) is 8.18. The van der Waals surface area contributed by atoms with Crippen LogP contribution in [0.1, 0.15) is 97.8 Å². The maximum atomic E-state index is 13.3. The molecule has 3 saturated carbocycles. The molecule has 0 spiro atoms. The standard InChI is InChI=1S/C30H44O6/c1-4-5-6-7-8-9-10-26(34)36-19-25(33)30(35)16-14-23-22-12-11-20-17-21(31)13-15-28(20,2)27(22)24(32)18-29(23,30)3/h13,15,17,22-24,27,32,35H,4-12,14,16,18-19H2,1-3H3/t22-,23-,24-,27+,28-,29-,30-/m0/s1. The van der Waals surface area contributed by atoms with Crippen molar-refractivity contribution < 1.29 is 29.3 Å². The number of carbonyl (C=O) groups is 3. The molecule has 0 aromatic carbocycles. The molecule has 0 aliphatic heterocycles. The van der Waals surface area contributed by atoms with Gasteiger partial charge in [0.25, 0.3) is 0 Å². The summed E-state index contributed by atoms with van der Waals surface area (Å²) in [5.74, 6) is -0.640. The van der Waals surface area contributed by atoms with E-state index >= 15 is 0 Å². The Labute approximate surface area is 215 Å². The minimum Gasteiger partial charge on any atom is -0.458 e. The number of unbranched alkanes of at least 4 members (excludes halogenated alkanes) is 5. The van der Waals surface area contributed by atoms with Gasteiger partial charge in [0.05, 0.1) is 6.10 Å². The minimum absolute atomic E-state index is 0.00272. The number of ether oxygens (including phenoxy) is 1. The van der Waals surface area contributed by atoms with Crippen molar-refractivity contribution in [3.63, 3.8) is 0 Å². The summed E-state index contributed by atoms with van der Waals surface area (Å²) in [6.07, 6.45) is 14.3. The SMILES string of the molecule is CCCCCCCCC(=O)OCC(=O)[C@@]1(O)CC[C@H]2[C@@H]3CCC4=CC(=O)C=C[C@]4(C)[C@H]3[C@@H](O)C[C@@]21C. The molecular weight excluding hydrogens is 456 g/mol. The van der Waals surface area contributed by atoms with Crippen LogP contribution in [0.2, 0.25) is 0 Å². The molecule has 0 aromatic heterocycles. The van der Waals surface area contributed by atoms with Gasteiger partial charge in [-0.1, -0.05) is 64.5 Å². The second kappa shape index (κ2) is 10.5. The smallest absolute Gasteiger partial charge is 0.306 e. The van der Waals surface area contributed by atoms with E-state index in [1.165, 1.54) is 19.3 Å². The Hall–Kier alpha value is -1.79. The van der Waals surface area contributed by atoms with Crippen LogP contribution < -0.4 is 0 Å². The Kier molecular flexibility index (Phi) is 7.97. The quantitative estimate of drug-likeness (QED) is 0.328. The summed E-state index contributed by atoms with van der Waals surface area (Å²) >= 11 is 0. The van der Waals surface area contributed by atoms with Gasteiger partial charge in [0.2, 0.25) is 5.78 Å². The van der Waals surface area contributed by atoms with Crippen LogP contribution in [-0.4, -0.2) is 46.1 Å². The van der Waals surface area contributed by atoms with Gasteiger partial charge in [0.1, 0.15) is 5.60 Å². The Morgan fingerprint density at radius 2 is 1.83 bits per heavy atom. The first-order chi connectivity index (χ1) is 17.1. The van der Waals surface area contributed by atoms with Crippen molar-refractivity contribution in [2.75, 3.05) is 6.61 Å². The highest BCUT2D eigenvalue weighted by Crippen LogP contribution is 2.67. The predicted molar refractivity (Wildman–Crippen MR) is 137 cm³/mol. The number of fused-ring (bicyclic) bond motifs is 5. The van der Waals surface area contributed by atoms with Gasteiger partial charge in [0, 0.05) is 23.2 Å². The molecule has 0 bridgehead atoms. The van der Waals surface area contributed by atoms with E-state index in [1.54, 1.807) is 12.2 Å². The van der Waals surface area contributed by atoms with Crippen molar-refractivity contribution in [1.29, 1.82) is 0 Å². The van der Waals surface area contributed by atoms with E-state index in [4.69, 9.17) is 4.74 Å². The molecule has 4 rings (SSSR count). The number of carbonyl (C=O) groups excluding carboxylic acids is 3. The van der Waals surface area contributed by atoms with Crippen LogP contribution in [0.3, 0.4) is 0 Å². The van der Waals surface area contributed by atoms with Gasteiger partial charge >= 0.3 is 5.97 Å². The molecule has 0 radical (unpaired) electrons. The lowest BCUT2D eigenvalue weighted by Gasteiger charge is -2.59. The van der Waals surface area contributed by atoms with Gasteiger partial charge in [-0.15, -0.1) is 0 Å². The first kappa shape index (κ1) is 27.3. The van der Waals surface area contributed by atoms with E-state index in [-0.39, 0.29) is 34.9 Å². The van der Waals surface area contributed by atoms with E-state index in [2.05, 4.69) is 13.8 Å². The normalized spacial score (nSPS) is 39.1. The number of aliphatic hydroxyl groups excluding tert-OH is 1. The molecule has 0 heterocycles. The van der Waals surface area contributed by atoms with Crippen molar-refractivity contribution in [3.8, 4) is 0 Å². The molecule has 0 amide bonds. The molecule has 4 aliphatic carbocycles. The molecule has 6 heteroatoms. The molecule has 3 fully saturated rings. The molecule has 6 nitrogen and oxygen atoms in total. The summed E-state index contributed by atoms with van der Waals surface area (Å²) in [4.78, 5) is 37.5. The predicted octanol–water partition coefficient (Wildman–Crippen LogP) is 4.86. The third kappa shape index (κ3) is 4.64. The van der Waals surface area contributed by atoms with Crippen LogP contribution >= 0.6 is 0 Å². The highest BCUT2D eigenvalue weighted by Gasteiger charge is 2.68. The van der Waals surface area contributed by atoms with Crippen LogP contribution in [0, 0.1) is 28.6 Å². The summed E-state index contributed by atoms with van der Waals surface area (Å²) in [5.41, 5.74) is -1.68. The lowest BCUT2D eigenvalue weighted by atomic mass is 9.46. The van der Waals surface area contributed by atoms with E-state index in [0.29, 0.717) is 25.7 Å². The Bertz CT molecular complexity index is 936. The zero-order valence-electron chi connectivity index (χ0n) is 22.3. The van der Waals surface area contributed by atoms with Gasteiger partial charge in [-0.25, -0.2) is 0 Å². The first-order valence-corrected chi connectivity index (χ1v) is 14.1. The van der Waals surface area contributed by atoms with Crippen LogP contribution in [0.4, 0.5) is 0 Å². The summed E-state index contributed by atoms with van der Waals surface area (Å²) in [6, 6.07) is 0. The highest BCUT2D eigenvalue weighted by molar-refractivity contribution is 6.01. The van der Waals surface area contributed by atoms with Crippen molar-refractivity contribution in [2.24, 2.45) is 28.6 Å². The summed E-state index contributed by atoms with van der Waals surface area (Å²) in [5, 5.41) is 23.2. The Balaban J connectivity index is 1.40. The number of Topliss-reactive ketones (excluding diaryl/α,β-unsaturated/α-hetero) is 1.